The first kappa shape index (κ1) is 10.9. The lowest BCUT2D eigenvalue weighted by atomic mass is 9.97. The minimum absolute atomic E-state index is 0.406. The largest absolute Gasteiger partial charge is 0.276 e. The molecule has 0 aliphatic heterocycles. The van der Waals surface area contributed by atoms with Crippen molar-refractivity contribution in [3.8, 4) is 11.1 Å². The molecule has 2 heteroatoms. The molecule has 80 valence electrons. The number of aryl methyl sites for hydroxylation is 1. The Morgan fingerprint density at radius 2 is 1.69 bits per heavy atom. The first-order valence-electron chi connectivity index (χ1n) is 5.05. The van der Waals surface area contributed by atoms with Gasteiger partial charge in [-0.1, -0.05) is 48.5 Å². The van der Waals surface area contributed by atoms with Gasteiger partial charge in [0.05, 0.1) is 0 Å². The molecule has 0 saturated carbocycles. The molecule has 0 atom stereocenters. The summed E-state index contributed by atoms with van der Waals surface area (Å²) < 4.78 is 0. The summed E-state index contributed by atoms with van der Waals surface area (Å²) >= 11 is 5.62. The van der Waals surface area contributed by atoms with Crippen LogP contribution in [0.4, 0.5) is 0 Å². The molecule has 0 saturated heterocycles. The number of hydrogen-bond donors (Lipinski definition) is 0. The summed E-state index contributed by atoms with van der Waals surface area (Å²) in [7, 11) is 0. The van der Waals surface area contributed by atoms with E-state index in [9.17, 15) is 4.79 Å². The number of hydrogen-bond acceptors (Lipinski definition) is 1. The van der Waals surface area contributed by atoms with E-state index in [4.69, 9.17) is 11.6 Å². The highest BCUT2D eigenvalue weighted by atomic mass is 35.5. The third-order valence-corrected chi connectivity index (χ3v) is 2.74. The molecular formula is C14H11ClO. The molecule has 2 aromatic rings. The summed E-state index contributed by atoms with van der Waals surface area (Å²) in [6, 6.07) is 15.5. The Morgan fingerprint density at radius 1 is 1.00 bits per heavy atom. The Balaban J connectivity index is 2.66. The van der Waals surface area contributed by atoms with Crippen molar-refractivity contribution in [2.45, 2.75) is 6.92 Å². The third-order valence-electron chi connectivity index (χ3n) is 2.55. The molecule has 16 heavy (non-hydrogen) atoms. The molecule has 0 spiro atoms. The van der Waals surface area contributed by atoms with E-state index in [1.807, 2.05) is 55.5 Å². The Labute approximate surface area is 99.7 Å². The zero-order valence-corrected chi connectivity index (χ0v) is 9.66. The lowest BCUT2D eigenvalue weighted by Gasteiger charge is -2.08. The van der Waals surface area contributed by atoms with Gasteiger partial charge >= 0.3 is 0 Å². The molecule has 2 rings (SSSR count). The summed E-state index contributed by atoms with van der Waals surface area (Å²) in [6.45, 7) is 1.89. The van der Waals surface area contributed by atoms with Crippen LogP contribution in [-0.2, 0) is 0 Å². The van der Waals surface area contributed by atoms with Crippen LogP contribution in [0.5, 0.6) is 0 Å². The predicted molar refractivity (Wildman–Crippen MR) is 66.8 cm³/mol. The van der Waals surface area contributed by atoms with Crippen molar-refractivity contribution in [3.05, 3.63) is 59.7 Å². The molecule has 0 fully saturated rings. The predicted octanol–water partition coefficient (Wildman–Crippen LogP) is 4.04. The van der Waals surface area contributed by atoms with Crippen LogP contribution in [0.1, 0.15) is 15.9 Å². The van der Waals surface area contributed by atoms with Gasteiger partial charge in [-0.3, -0.25) is 4.79 Å². The van der Waals surface area contributed by atoms with E-state index in [-0.39, 0.29) is 0 Å². The summed E-state index contributed by atoms with van der Waals surface area (Å²) in [5, 5.41) is -0.406. The fourth-order valence-corrected chi connectivity index (χ4v) is 2.04. The molecule has 1 nitrogen and oxygen atoms in total. The van der Waals surface area contributed by atoms with Gasteiger partial charge in [-0.05, 0) is 35.2 Å². The Hall–Kier alpha value is -1.60. The van der Waals surface area contributed by atoms with Gasteiger partial charge in [0, 0.05) is 5.56 Å². The molecule has 0 aliphatic carbocycles. The summed E-state index contributed by atoms with van der Waals surface area (Å²) in [5.74, 6) is 0. The lowest BCUT2D eigenvalue weighted by molar-refractivity contribution is 0.108. The van der Waals surface area contributed by atoms with Crippen LogP contribution >= 0.6 is 11.6 Å². The Morgan fingerprint density at radius 3 is 2.31 bits per heavy atom. The second-order valence-electron chi connectivity index (χ2n) is 3.64. The van der Waals surface area contributed by atoms with Crippen molar-refractivity contribution in [3.63, 3.8) is 0 Å². The molecule has 0 amide bonds. The van der Waals surface area contributed by atoms with E-state index in [1.54, 1.807) is 0 Å². The maximum absolute atomic E-state index is 11.4. The fourth-order valence-electron chi connectivity index (χ4n) is 1.79. The van der Waals surface area contributed by atoms with Gasteiger partial charge in [-0.15, -0.1) is 0 Å². The topological polar surface area (TPSA) is 17.1 Å². The van der Waals surface area contributed by atoms with E-state index in [2.05, 4.69) is 0 Å². The molecule has 2 aromatic carbocycles. The normalized spacial score (nSPS) is 10.1. The number of carbonyl (C=O) groups excluding carboxylic acids is 1. The van der Waals surface area contributed by atoms with E-state index in [0.29, 0.717) is 5.56 Å². The molecule has 0 N–H and O–H groups in total. The second kappa shape index (κ2) is 4.50. The van der Waals surface area contributed by atoms with Gasteiger partial charge in [-0.2, -0.15) is 0 Å². The first-order chi connectivity index (χ1) is 7.70. The molecule has 0 heterocycles. The number of carbonyl (C=O) groups is 1. The number of benzene rings is 2. The van der Waals surface area contributed by atoms with Crippen molar-refractivity contribution in [1.29, 1.82) is 0 Å². The average Bonchev–Trinajstić information content (AvgIpc) is 2.29. The van der Waals surface area contributed by atoms with Gasteiger partial charge < -0.3 is 0 Å². The van der Waals surface area contributed by atoms with Crippen LogP contribution in [0.25, 0.3) is 11.1 Å². The highest BCUT2D eigenvalue weighted by Crippen LogP contribution is 2.27. The van der Waals surface area contributed by atoms with Gasteiger partial charge in [-0.25, -0.2) is 0 Å². The van der Waals surface area contributed by atoms with Gasteiger partial charge in [0.25, 0.3) is 5.24 Å². The maximum atomic E-state index is 11.4. The number of rotatable bonds is 2. The Kier molecular flexibility index (Phi) is 3.07. The quantitative estimate of drug-likeness (QED) is 0.712. The van der Waals surface area contributed by atoms with Crippen molar-refractivity contribution in [1.82, 2.24) is 0 Å². The van der Waals surface area contributed by atoms with Gasteiger partial charge in [0.2, 0.25) is 0 Å². The lowest BCUT2D eigenvalue weighted by Crippen LogP contribution is -1.97. The zero-order valence-electron chi connectivity index (χ0n) is 8.91. The van der Waals surface area contributed by atoms with Gasteiger partial charge in [0.15, 0.2) is 0 Å². The highest BCUT2D eigenvalue weighted by molar-refractivity contribution is 6.68. The van der Waals surface area contributed by atoms with E-state index in [0.717, 1.165) is 16.7 Å². The van der Waals surface area contributed by atoms with Crippen LogP contribution in [0.3, 0.4) is 0 Å². The standard InChI is InChI=1S/C14H11ClO/c1-10-6-5-9-12(13(10)14(15)16)11-7-3-2-4-8-11/h2-9H,1H3. The first-order valence-corrected chi connectivity index (χ1v) is 5.43. The highest BCUT2D eigenvalue weighted by Gasteiger charge is 2.12. The average molecular weight is 231 g/mol. The number of halogens is 1. The van der Waals surface area contributed by atoms with Crippen molar-refractivity contribution in [2.75, 3.05) is 0 Å². The van der Waals surface area contributed by atoms with Crippen LogP contribution in [0, 0.1) is 6.92 Å². The fraction of sp³-hybridized carbons (Fsp3) is 0.0714. The zero-order chi connectivity index (χ0) is 11.5. The SMILES string of the molecule is Cc1cccc(-c2ccccc2)c1C(=O)Cl. The van der Waals surface area contributed by atoms with E-state index >= 15 is 0 Å². The van der Waals surface area contributed by atoms with Crippen LogP contribution in [0.15, 0.2) is 48.5 Å². The third kappa shape index (κ3) is 2.00. The summed E-state index contributed by atoms with van der Waals surface area (Å²) in [4.78, 5) is 11.4. The van der Waals surface area contributed by atoms with E-state index in [1.165, 1.54) is 0 Å². The molecule has 0 unspecified atom stereocenters. The van der Waals surface area contributed by atoms with Crippen molar-refractivity contribution >= 4 is 16.8 Å². The van der Waals surface area contributed by atoms with Crippen LogP contribution in [-0.4, -0.2) is 5.24 Å². The molecular weight excluding hydrogens is 220 g/mol. The summed E-state index contributed by atoms with van der Waals surface area (Å²) in [6.07, 6.45) is 0. The molecule has 0 aliphatic rings. The maximum Gasteiger partial charge on any atom is 0.253 e. The van der Waals surface area contributed by atoms with Gasteiger partial charge in [0.1, 0.15) is 0 Å². The smallest absolute Gasteiger partial charge is 0.253 e. The minimum atomic E-state index is -0.406. The minimum Gasteiger partial charge on any atom is -0.276 e. The molecule has 0 radical (unpaired) electrons. The second-order valence-corrected chi connectivity index (χ2v) is 3.98. The summed E-state index contributed by atoms with van der Waals surface area (Å²) in [5.41, 5.74) is 3.40. The van der Waals surface area contributed by atoms with Crippen molar-refractivity contribution in [2.24, 2.45) is 0 Å². The van der Waals surface area contributed by atoms with Crippen molar-refractivity contribution < 1.29 is 4.79 Å². The van der Waals surface area contributed by atoms with Crippen LogP contribution < -0.4 is 0 Å². The molecule has 0 aromatic heterocycles. The van der Waals surface area contributed by atoms with E-state index < -0.39 is 5.24 Å². The van der Waals surface area contributed by atoms with Crippen LogP contribution in [0.2, 0.25) is 0 Å². The Bertz CT molecular complexity index is 518. The molecule has 0 bridgehead atoms. The monoisotopic (exact) mass is 230 g/mol.